The van der Waals surface area contributed by atoms with Crippen LogP contribution in [0.2, 0.25) is 0 Å². The third-order valence-electron chi connectivity index (χ3n) is 5.10. The van der Waals surface area contributed by atoms with Crippen molar-refractivity contribution in [3.63, 3.8) is 0 Å². The number of hydrogen-bond acceptors (Lipinski definition) is 7. The maximum atomic E-state index is 12.4. The number of nitriles is 1. The number of para-hydroxylation sites is 1. The van der Waals surface area contributed by atoms with Crippen molar-refractivity contribution in [3.05, 3.63) is 48.2 Å². The summed E-state index contributed by atoms with van der Waals surface area (Å²) in [5.74, 6) is 1.52. The molecule has 2 aromatic rings. The summed E-state index contributed by atoms with van der Waals surface area (Å²) < 4.78 is 27.5. The first kappa shape index (κ1) is 23.4. The number of aromatic nitrogens is 1. The molecule has 0 atom stereocenters. The number of sulfonamides is 1. The highest BCUT2D eigenvalue weighted by atomic mass is 32.2. The average molecular weight is 460 g/mol. The van der Waals surface area contributed by atoms with Crippen LogP contribution in [-0.2, 0) is 10.0 Å². The third-order valence-corrected chi connectivity index (χ3v) is 7.66. The Morgan fingerprint density at radius 2 is 1.97 bits per heavy atom. The number of anilines is 2. The predicted molar refractivity (Wildman–Crippen MR) is 127 cm³/mol. The van der Waals surface area contributed by atoms with Crippen molar-refractivity contribution in [2.24, 2.45) is 0 Å². The Morgan fingerprint density at radius 3 is 2.61 bits per heavy atom. The van der Waals surface area contributed by atoms with Crippen molar-refractivity contribution in [2.45, 2.75) is 42.9 Å². The second-order valence-corrected chi connectivity index (χ2v) is 11.2. The normalized spacial score (nSPS) is 15.1. The van der Waals surface area contributed by atoms with E-state index in [0.29, 0.717) is 23.4 Å². The zero-order valence-electron chi connectivity index (χ0n) is 17.9. The van der Waals surface area contributed by atoms with E-state index in [1.54, 1.807) is 23.9 Å². The maximum Gasteiger partial charge on any atom is 0.242 e. The molecule has 0 amide bonds. The molecule has 1 saturated heterocycles. The van der Waals surface area contributed by atoms with Gasteiger partial charge in [0.2, 0.25) is 10.0 Å². The lowest BCUT2D eigenvalue weighted by Gasteiger charge is -2.33. The van der Waals surface area contributed by atoms with E-state index in [1.807, 2.05) is 24.3 Å². The first-order valence-electron chi connectivity index (χ1n) is 10.5. The molecule has 0 saturated carbocycles. The lowest BCUT2D eigenvalue weighted by molar-refractivity contribution is 0.523. The Labute approximate surface area is 189 Å². The monoisotopic (exact) mass is 459 g/mol. The van der Waals surface area contributed by atoms with Gasteiger partial charge in [0.1, 0.15) is 16.8 Å². The van der Waals surface area contributed by atoms with E-state index >= 15 is 0 Å². The van der Waals surface area contributed by atoms with Crippen molar-refractivity contribution in [1.29, 1.82) is 5.26 Å². The van der Waals surface area contributed by atoms with Crippen molar-refractivity contribution >= 4 is 33.3 Å². The van der Waals surface area contributed by atoms with E-state index in [1.165, 1.54) is 6.20 Å². The molecule has 1 aliphatic rings. The van der Waals surface area contributed by atoms with Crippen LogP contribution in [-0.4, -0.2) is 50.1 Å². The summed E-state index contributed by atoms with van der Waals surface area (Å²) in [6.45, 7) is 6.21. The molecule has 1 aromatic heterocycles. The van der Waals surface area contributed by atoms with Crippen LogP contribution in [0.25, 0.3) is 0 Å². The second-order valence-electron chi connectivity index (χ2n) is 7.73. The zero-order chi connectivity index (χ0) is 22.3. The van der Waals surface area contributed by atoms with E-state index in [9.17, 15) is 13.7 Å². The summed E-state index contributed by atoms with van der Waals surface area (Å²) in [7, 11) is -3.54. The molecule has 31 heavy (non-hydrogen) atoms. The van der Waals surface area contributed by atoms with Gasteiger partial charge in [0.05, 0.1) is 11.3 Å². The van der Waals surface area contributed by atoms with Crippen LogP contribution in [0.5, 0.6) is 0 Å². The second kappa shape index (κ2) is 10.8. The highest BCUT2D eigenvalue weighted by Gasteiger charge is 2.21. The molecular formula is C22H29N5O2S2. The highest BCUT2D eigenvalue weighted by molar-refractivity contribution is 7.99. The van der Waals surface area contributed by atoms with Crippen LogP contribution >= 0.6 is 11.8 Å². The summed E-state index contributed by atoms with van der Waals surface area (Å²) in [6, 6.07) is 13.4. The standard InChI is InChI=1S/C22H29N5O2S2/c1-17(2)30-14-11-25-31(28,29)20-7-8-22(24-16-20)27-12-9-19(10-13-27)26-21-6-4-3-5-18(21)15-23/h3-8,16-17,19,25-26H,9-14H2,1-2H3. The van der Waals surface area contributed by atoms with Gasteiger partial charge >= 0.3 is 0 Å². The lowest BCUT2D eigenvalue weighted by atomic mass is 10.0. The molecule has 0 radical (unpaired) electrons. The Hall–Kier alpha value is -2.28. The van der Waals surface area contributed by atoms with Crippen LogP contribution in [0.4, 0.5) is 11.5 Å². The Kier molecular flexibility index (Phi) is 8.18. The van der Waals surface area contributed by atoms with E-state index in [2.05, 4.69) is 39.8 Å². The summed E-state index contributed by atoms with van der Waals surface area (Å²) in [5, 5.41) is 13.2. The van der Waals surface area contributed by atoms with Gasteiger partial charge in [-0.05, 0) is 42.4 Å². The van der Waals surface area contributed by atoms with Crippen LogP contribution < -0.4 is 14.9 Å². The van der Waals surface area contributed by atoms with Crippen LogP contribution in [0.1, 0.15) is 32.3 Å². The Balaban J connectivity index is 1.52. The maximum absolute atomic E-state index is 12.4. The molecule has 1 aliphatic heterocycles. The first-order valence-corrected chi connectivity index (χ1v) is 13.0. The highest BCUT2D eigenvalue weighted by Crippen LogP contribution is 2.23. The topological polar surface area (TPSA) is 98.1 Å². The van der Waals surface area contributed by atoms with Crippen molar-refractivity contribution in [1.82, 2.24) is 9.71 Å². The molecule has 2 heterocycles. The van der Waals surface area contributed by atoms with Gasteiger partial charge in [0.15, 0.2) is 0 Å². The van der Waals surface area contributed by atoms with Crippen LogP contribution in [0, 0.1) is 11.3 Å². The fourth-order valence-corrected chi connectivity index (χ4v) is 5.25. The predicted octanol–water partition coefficient (Wildman–Crippen LogP) is 3.45. The molecule has 2 N–H and O–H groups in total. The van der Waals surface area contributed by atoms with Crippen LogP contribution in [0.15, 0.2) is 47.5 Å². The van der Waals surface area contributed by atoms with E-state index in [-0.39, 0.29) is 4.90 Å². The van der Waals surface area contributed by atoms with Gasteiger partial charge in [-0.3, -0.25) is 0 Å². The van der Waals surface area contributed by atoms with Gasteiger partial charge < -0.3 is 10.2 Å². The number of hydrogen-bond donors (Lipinski definition) is 2. The molecule has 0 spiro atoms. The van der Waals surface area contributed by atoms with Gasteiger partial charge in [-0.25, -0.2) is 18.1 Å². The Bertz CT molecular complexity index is 995. The largest absolute Gasteiger partial charge is 0.381 e. The minimum absolute atomic E-state index is 0.190. The van der Waals surface area contributed by atoms with Crippen LogP contribution in [0.3, 0.4) is 0 Å². The number of benzene rings is 1. The third kappa shape index (κ3) is 6.60. The van der Waals surface area contributed by atoms with E-state index in [0.717, 1.165) is 43.2 Å². The minimum Gasteiger partial charge on any atom is -0.381 e. The molecule has 1 fully saturated rings. The van der Waals surface area contributed by atoms with E-state index < -0.39 is 10.0 Å². The molecule has 7 nitrogen and oxygen atoms in total. The average Bonchev–Trinajstić information content (AvgIpc) is 2.78. The molecular weight excluding hydrogens is 430 g/mol. The fraction of sp³-hybridized carbons (Fsp3) is 0.455. The number of nitrogens with one attached hydrogen (secondary N) is 2. The number of rotatable bonds is 9. The van der Waals surface area contributed by atoms with Crippen molar-refractivity contribution in [3.8, 4) is 6.07 Å². The van der Waals surface area contributed by atoms with Gasteiger partial charge in [0.25, 0.3) is 0 Å². The quantitative estimate of drug-likeness (QED) is 0.554. The van der Waals surface area contributed by atoms with Crippen molar-refractivity contribution in [2.75, 3.05) is 35.6 Å². The van der Waals surface area contributed by atoms with E-state index in [4.69, 9.17) is 0 Å². The van der Waals surface area contributed by atoms with Gasteiger partial charge in [-0.1, -0.05) is 26.0 Å². The lowest BCUT2D eigenvalue weighted by Crippen LogP contribution is -2.39. The molecule has 3 rings (SSSR count). The summed E-state index contributed by atoms with van der Waals surface area (Å²) >= 11 is 1.72. The summed E-state index contributed by atoms with van der Waals surface area (Å²) in [4.78, 5) is 6.75. The number of pyridine rings is 1. The molecule has 0 bridgehead atoms. The smallest absolute Gasteiger partial charge is 0.242 e. The first-order chi connectivity index (χ1) is 14.9. The van der Waals surface area contributed by atoms with Crippen molar-refractivity contribution < 1.29 is 8.42 Å². The summed E-state index contributed by atoms with van der Waals surface area (Å²) in [6.07, 6.45) is 3.26. The zero-order valence-corrected chi connectivity index (χ0v) is 19.5. The van der Waals surface area contributed by atoms with Gasteiger partial charge in [0, 0.05) is 37.6 Å². The molecule has 166 valence electrons. The molecule has 0 unspecified atom stereocenters. The molecule has 1 aromatic carbocycles. The fourth-order valence-electron chi connectivity index (χ4n) is 3.45. The molecule has 9 heteroatoms. The number of nitrogens with zero attached hydrogens (tertiary/aromatic N) is 3. The number of thioether (sulfide) groups is 1. The summed E-state index contributed by atoms with van der Waals surface area (Å²) in [5.41, 5.74) is 1.52. The number of piperidine rings is 1. The van der Waals surface area contributed by atoms with Gasteiger partial charge in [-0.2, -0.15) is 17.0 Å². The molecule has 0 aliphatic carbocycles. The minimum atomic E-state index is -3.54. The Morgan fingerprint density at radius 1 is 1.23 bits per heavy atom. The SMILES string of the molecule is CC(C)SCCNS(=O)(=O)c1ccc(N2CCC(Nc3ccccc3C#N)CC2)nc1. The van der Waals surface area contributed by atoms with Gasteiger partial charge in [-0.15, -0.1) is 0 Å².